The summed E-state index contributed by atoms with van der Waals surface area (Å²) in [6.07, 6.45) is -5.98. The lowest BCUT2D eigenvalue weighted by molar-refractivity contribution is -0.311. The number of fused-ring (bicyclic) bond motifs is 2. The van der Waals surface area contributed by atoms with Gasteiger partial charge in [0, 0.05) is 0 Å². The number of hydrogen-bond acceptors (Lipinski definition) is 4. The quantitative estimate of drug-likeness (QED) is 0.467. The van der Waals surface area contributed by atoms with Crippen LogP contribution in [0.25, 0.3) is 0 Å². The minimum atomic E-state index is -6.77. The molecule has 0 radical (unpaired) electrons. The van der Waals surface area contributed by atoms with Crippen molar-refractivity contribution in [3.8, 4) is 0 Å². The Bertz CT molecular complexity index is 603. The molecule has 2 aliphatic carbocycles. The summed E-state index contributed by atoms with van der Waals surface area (Å²) in [6, 6.07) is 0. The van der Waals surface area contributed by atoms with Gasteiger partial charge in [-0.05, 0) is 37.5 Å². The highest BCUT2D eigenvalue weighted by molar-refractivity contribution is 7.88. The molecule has 2 rings (SSSR count). The van der Waals surface area contributed by atoms with Crippen LogP contribution < -0.4 is 0 Å². The Hall–Kier alpha value is -1.04. The maximum absolute atomic E-state index is 14.1. The molecule has 23 heavy (non-hydrogen) atoms. The van der Waals surface area contributed by atoms with Gasteiger partial charge in [-0.15, -0.1) is 0 Å². The third-order valence-electron chi connectivity index (χ3n) is 4.31. The van der Waals surface area contributed by atoms with Crippen molar-refractivity contribution in [2.75, 3.05) is 0 Å². The lowest BCUT2D eigenvalue weighted by Crippen LogP contribution is -2.63. The molecule has 2 bridgehead atoms. The number of rotatable bonds is 4. The van der Waals surface area contributed by atoms with E-state index in [4.69, 9.17) is 4.55 Å². The van der Waals surface area contributed by atoms with Crippen molar-refractivity contribution < 1.29 is 48.8 Å². The number of carbonyl (C=O) groups is 1. The predicted octanol–water partition coefficient (Wildman–Crippen LogP) is 2.47. The zero-order valence-corrected chi connectivity index (χ0v) is 12.1. The molecule has 0 aromatic heterocycles. The van der Waals surface area contributed by atoms with Crippen molar-refractivity contribution in [1.82, 2.24) is 0 Å². The second kappa shape index (κ2) is 5.23. The molecular formula is C11H12F6O5S. The van der Waals surface area contributed by atoms with E-state index in [-0.39, 0.29) is 18.3 Å². The summed E-state index contributed by atoms with van der Waals surface area (Å²) < 4.78 is 112. The average molecular weight is 370 g/mol. The van der Waals surface area contributed by atoms with Crippen LogP contribution in [0, 0.1) is 11.8 Å². The van der Waals surface area contributed by atoms with Gasteiger partial charge in [0.15, 0.2) is 0 Å². The fourth-order valence-corrected chi connectivity index (χ4v) is 3.82. The van der Waals surface area contributed by atoms with Crippen LogP contribution in [-0.2, 0) is 19.6 Å². The minimum absolute atomic E-state index is 0.0562. The van der Waals surface area contributed by atoms with Crippen molar-refractivity contribution in [3.63, 3.8) is 0 Å². The van der Waals surface area contributed by atoms with Crippen LogP contribution in [0.15, 0.2) is 0 Å². The Labute approximate surface area is 126 Å². The van der Waals surface area contributed by atoms with Gasteiger partial charge >= 0.3 is 33.2 Å². The number of carbonyl (C=O) groups excluding carboxylic acids is 1. The smallest absolute Gasteiger partial charge is 0.458 e. The second-order valence-electron chi connectivity index (χ2n) is 5.76. The fourth-order valence-electron chi connectivity index (χ4n) is 3.12. The number of esters is 1. The van der Waals surface area contributed by atoms with E-state index < -0.39 is 39.3 Å². The van der Waals surface area contributed by atoms with E-state index in [2.05, 4.69) is 4.74 Å². The Morgan fingerprint density at radius 2 is 1.61 bits per heavy atom. The maximum atomic E-state index is 14.1. The molecule has 4 atom stereocenters. The summed E-state index contributed by atoms with van der Waals surface area (Å²) in [5, 5.41) is -5.96. The molecule has 2 saturated carbocycles. The van der Waals surface area contributed by atoms with Crippen molar-refractivity contribution in [2.45, 2.75) is 48.9 Å². The van der Waals surface area contributed by atoms with Gasteiger partial charge in [0.25, 0.3) is 0 Å². The summed E-state index contributed by atoms with van der Waals surface area (Å²) in [7, 11) is -6.77. The number of hydrogen-bond donors (Lipinski definition) is 1. The first-order chi connectivity index (χ1) is 10.2. The Balaban J connectivity index is 2.34. The van der Waals surface area contributed by atoms with Gasteiger partial charge in [0.05, 0.1) is 0 Å². The number of halogens is 6. The van der Waals surface area contributed by atoms with E-state index in [0.717, 1.165) is 6.42 Å². The summed E-state index contributed by atoms with van der Waals surface area (Å²) in [6.45, 7) is 0. The zero-order chi connectivity index (χ0) is 17.8. The Kier molecular flexibility index (Phi) is 4.16. The van der Waals surface area contributed by atoms with Gasteiger partial charge in [-0.2, -0.15) is 30.4 Å². The van der Waals surface area contributed by atoms with Crippen molar-refractivity contribution in [3.05, 3.63) is 0 Å². The molecule has 0 saturated heterocycles. The largest absolute Gasteiger partial charge is 0.459 e. The summed E-state index contributed by atoms with van der Waals surface area (Å²) in [4.78, 5) is 11.5. The monoisotopic (exact) mass is 370 g/mol. The molecule has 0 aromatic carbocycles. The zero-order valence-electron chi connectivity index (χ0n) is 11.3. The Morgan fingerprint density at radius 1 is 1.04 bits per heavy atom. The van der Waals surface area contributed by atoms with Gasteiger partial charge in [-0.1, -0.05) is 0 Å². The van der Waals surface area contributed by atoms with Crippen molar-refractivity contribution in [1.29, 1.82) is 0 Å². The highest BCUT2D eigenvalue weighted by atomic mass is 32.2. The van der Waals surface area contributed by atoms with Gasteiger partial charge in [0.1, 0.15) is 6.10 Å². The summed E-state index contributed by atoms with van der Waals surface area (Å²) in [5.41, 5.74) is 0. The third kappa shape index (κ3) is 2.69. The van der Waals surface area contributed by atoms with Crippen molar-refractivity contribution >= 4 is 16.1 Å². The third-order valence-corrected chi connectivity index (χ3v) is 5.44. The standard InChI is InChI=1S/C11H12F6O5S/c12-9(23(19,20)21,10(13,14)11(15,16)17)8(18)22-7-4-5-1-2-6(7)3-5/h5-7H,1-4H2,(H,19,20,21). The second-order valence-corrected chi connectivity index (χ2v) is 7.27. The van der Waals surface area contributed by atoms with Crippen LogP contribution in [0.1, 0.15) is 25.7 Å². The fraction of sp³-hybridized carbons (Fsp3) is 0.909. The minimum Gasteiger partial charge on any atom is -0.459 e. The van der Waals surface area contributed by atoms with Crippen LogP contribution in [0.5, 0.6) is 0 Å². The first-order valence-corrected chi connectivity index (χ1v) is 7.97. The van der Waals surface area contributed by atoms with Crippen LogP contribution in [-0.4, -0.2) is 42.1 Å². The van der Waals surface area contributed by atoms with Crippen LogP contribution in [0.4, 0.5) is 26.3 Å². The van der Waals surface area contributed by atoms with Crippen LogP contribution in [0.2, 0.25) is 0 Å². The molecule has 0 aliphatic heterocycles. The van der Waals surface area contributed by atoms with Gasteiger partial charge in [-0.3, -0.25) is 4.55 Å². The van der Waals surface area contributed by atoms with Gasteiger partial charge in [-0.25, -0.2) is 9.18 Å². The topological polar surface area (TPSA) is 80.7 Å². The first-order valence-electron chi connectivity index (χ1n) is 6.53. The normalized spacial score (nSPS) is 31.0. The van der Waals surface area contributed by atoms with Crippen LogP contribution >= 0.6 is 0 Å². The van der Waals surface area contributed by atoms with E-state index in [0.29, 0.717) is 12.8 Å². The van der Waals surface area contributed by atoms with E-state index in [1.807, 2.05) is 0 Å². The molecular weight excluding hydrogens is 358 g/mol. The lowest BCUT2D eigenvalue weighted by atomic mass is 9.97. The van der Waals surface area contributed by atoms with E-state index in [1.165, 1.54) is 0 Å². The first kappa shape index (κ1) is 18.3. The molecule has 1 N–H and O–H groups in total. The highest BCUT2D eigenvalue weighted by Gasteiger charge is 2.82. The molecule has 0 aromatic rings. The summed E-state index contributed by atoms with van der Waals surface area (Å²) in [5.74, 6) is -9.93. The Morgan fingerprint density at radius 3 is 1.96 bits per heavy atom. The molecule has 0 spiro atoms. The average Bonchev–Trinajstić information content (AvgIpc) is 2.96. The maximum Gasteiger partial charge on any atom is 0.458 e. The summed E-state index contributed by atoms with van der Waals surface area (Å²) >= 11 is 0. The molecule has 5 nitrogen and oxygen atoms in total. The number of ether oxygens (including phenoxy) is 1. The van der Waals surface area contributed by atoms with Crippen molar-refractivity contribution in [2.24, 2.45) is 11.8 Å². The number of alkyl halides is 6. The molecule has 0 heterocycles. The molecule has 4 unspecified atom stereocenters. The van der Waals surface area contributed by atoms with Crippen LogP contribution in [0.3, 0.4) is 0 Å². The lowest BCUT2D eigenvalue weighted by Gasteiger charge is -2.32. The van der Waals surface area contributed by atoms with E-state index >= 15 is 0 Å². The molecule has 2 aliphatic rings. The SMILES string of the molecule is O=C(OC1CC2CCC1C2)C(F)(C(F)(F)C(F)(F)F)S(=O)(=O)O. The van der Waals surface area contributed by atoms with E-state index in [9.17, 15) is 39.6 Å². The van der Waals surface area contributed by atoms with Gasteiger partial charge < -0.3 is 4.74 Å². The molecule has 12 heteroatoms. The predicted molar refractivity (Wildman–Crippen MR) is 61.7 cm³/mol. The molecule has 2 fully saturated rings. The molecule has 0 amide bonds. The highest BCUT2D eigenvalue weighted by Crippen LogP contribution is 2.50. The van der Waals surface area contributed by atoms with Gasteiger partial charge in [0.2, 0.25) is 0 Å². The molecule has 134 valence electrons. The van der Waals surface area contributed by atoms with E-state index in [1.54, 1.807) is 0 Å².